The molecule has 0 aliphatic carbocycles. The number of aromatic nitrogens is 1. The summed E-state index contributed by atoms with van der Waals surface area (Å²) in [6, 6.07) is 1.57. The molecule has 1 aromatic rings. The molecule has 0 fully saturated rings. The van der Waals surface area contributed by atoms with Crippen molar-refractivity contribution in [3.8, 4) is 0 Å². The molecule has 0 bridgehead atoms. The van der Waals surface area contributed by atoms with Gasteiger partial charge in [0.25, 0.3) is 5.91 Å². The molecule has 1 aromatic heterocycles. The third-order valence-electron chi connectivity index (χ3n) is 2.06. The lowest BCUT2D eigenvalue weighted by atomic mass is 10.2. The number of amides is 1. The number of hydrogen-bond donors (Lipinski definition) is 1. The summed E-state index contributed by atoms with van der Waals surface area (Å²) < 4.78 is 0. The Hall–Kier alpha value is -0.800. The van der Waals surface area contributed by atoms with Crippen LogP contribution in [0, 0.1) is 0 Å². The van der Waals surface area contributed by atoms with Crippen molar-refractivity contribution in [3.05, 3.63) is 28.0 Å². The van der Waals surface area contributed by atoms with Crippen LogP contribution < -0.4 is 5.32 Å². The summed E-state index contributed by atoms with van der Waals surface area (Å²) in [5.41, 5.74) is 0.358. The van der Waals surface area contributed by atoms with Gasteiger partial charge >= 0.3 is 0 Å². The van der Waals surface area contributed by atoms with Gasteiger partial charge in [0.15, 0.2) is 0 Å². The molecule has 3 nitrogen and oxygen atoms in total. The van der Waals surface area contributed by atoms with E-state index in [-0.39, 0.29) is 17.1 Å². The second-order valence-corrected chi connectivity index (χ2v) is 4.06. The normalized spacial score (nSPS) is 12.3. The Morgan fingerprint density at radius 2 is 2.27 bits per heavy atom. The fraction of sp³-hybridized carbons (Fsp3) is 0.400. The molecular weight excluding hydrogens is 235 g/mol. The zero-order chi connectivity index (χ0) is 11.4. The first-order valence-electron chi connectivity index (χ1n) is 4.66. The summed E-state index contributed by atoms with van der Waals surface area (Å²) in [6.07, 6.45) is 2.23. The Morgan fingerprint density at radius 3 is 2.87 bits per heavy atom. The second kappa shape index (κ2) is 5.33. The Bertz CT molecular complexity index is 368. The highest BCUT2D eigenvalue weighted by atomic mass is 35.5. The molecule has 0 saturated heterocycles. The highest BCUT2D eigenvalue weighted by molar-refractivity contribution is 6.35. The highest BCUT2D eigenvalue weighted by Gasteiger charge is 2.13. The van der Waals surface area contributed by atoms with E-state index in [9.17, 15) is 4.79 Å². The van der Waals surface area contributed by atoms with Crippen LogP contribution in [0.1, 0.15) is 30.6 Å². The van der Waals surface area contributed by atoms with E-state index in [1.54, 1.807) is 0 Å². The standard InChI is InChI=1S/C10H12Cl2N2O/c1-3-6(2)14-10(15)7-4-9(12)13-5-8(7)11/h4-6H,3H2,1-2H3,(H,14,15). The largest absolute Gasteiger partial charge is 0.350 e. The molecule has 1 N–H and O–H groups in total. The van der Waals surface area contributed by atoms with Gasteiger partial charge in [-0.1, -0.05) is 30.1 Å². The van der Waals surface area contributed by atoms with Crippen LogP contribution in [0.5, 0.6) is 0 Å². The smallest absolute Gasteiger partial charge is 0.253 e. The first-order chi connectivity index (χ1) is 7.04. The van der Waals surface area contributed by atoms with Gasteiger partial charge in [-0.15, -0.1) is 0 Å². The summed E-state index contributed by atoms with van der Waals surface area (Å²) in [5.74, 6) is -0.223. The van der Waals surface area contributed by atoms with E-state index in [0.717, 1.165) is 6.42 Å². The van der Waals surface area contributed by atoms with Crippen molar-refractivity contribution in [2.45, 2.75) is 26.3 Å². The van der Waals surface area contributed by atoms with Crippen LogP contribution in [0.2, 0.25) is 10.2 Å². The maximum atomic E-state index is 11.7. The minimum atomic E-state index is -0.223. The van der Waals surface area contributed by atoms with Gasteiger partial charge in [-0.2, -0.15) is 0 Å². The van der Waals surface area contributed by atoms with Crippen LogP contribution in [0.15, 0.2) is 12.3 Å². The summed E-state index contributed by atoms with van der Waals surface area (Å²) >= 11 is 11.5. The van der Waals surface area contributed by atoms with Crippen molar-refractivity contribution in [2.24, 2.45) is 0 Å². The lowest BCUT2D eigenvalue weighted by Crippen LogP contribution is -2.32. The second-order valence-electron chi connectivity index (χ2n) is 3.27. The van der Waals surface area contributed by atoms with Crippen molar-refractivity contribution in [1.82, 2.24) is 10.3 Å². The average molecular weight is 247 g/mol. The van der Waals surface area contributed by atoms with Crippen molar-refractivity contribution in [1.29, 1.82) is 0 Å². The number of nitrogens with one attached hydrogen (secondary N) is 1. The maximum absolute atomic E-state index is 11.7. The third-order valence-corrected chi connectivity index (χ3v) is 2.56. The van der Waals surface area contributed by atoms with Gasteiger partial charge in [-0.05, 0) is 19.4 Å². The minimum absolute atomic E-state index is 0.112. The van der Waals surface area contributed by atoms with Crippen molar-refractivity contribution in [2.75, 3.05) is 0 Å². The van der Waals surface area contributed by atoms with Crippen molar-refractivity contribution >= 4 is 29.1 Å². The molecular formula is C10H12Cl2N2O. The summed E-state index contributed by atoms with van der Waals surface area (Å²) in [5, 5.41) is 3.37. The van der Waals surface area contributed by atoms with Crippen LogP contribution in [-0.4, -0.2) is 16.9 Å². The SMILES string of the molecule is CCC(C)NC(=O)c1cc(Cl)ncc1Cl. The number of pyridine rings is 1. The Morgan fingerprint density at radius 1 is 1.60 bits per heavy atom. The molecule has 0 spiro atoms. The Labute approximate surface area is 98.8 Å². The van der Waals surface area contributed by atoms with Gasteiger partial charge in [0.05, 0.1) is 10.6 Å². The maximum Gasteiger partial charge on any atom is 0.253 e. The summed E-state index contributed by atoms with van der Waals surface area (Å²) in [7, 11) is 0. The molecule has 15 heavy (non-hydrogen) atoms. The van der Waals surface area contributed by atoms with Gasteiger partial charge in [-0.25, -0.2) is 4.98 Å². The number of hydrogen-bond acceptors (Lipinski definition) is 2. The number of carbonyl (C=O) groups is 1. The lowest BCUT2D eigenvalue weighted by Gasteiger charge is -2.11. The molecule has 1 rings (SSSR count). The molecule has 0 aliphatic heterocycles. The monoisotopic (exact) mass is 246 g/mol. The third kappa shape index (κ3) is 3.36. The molecule has 1 heterocycles. The first-order valence-corrected chi connectivity index (χ1v) is 5.42. The van der Waals surface area contributed by atoms with E-state index >= 15 is 0 Å². The number of nitrogens with zero attached hydrogens (tertiary/aromatic N) is 1. The summed E-state index contributed by atoms with van der Waals surface area (Å²) in [6.45, 7) is 3.92. The van der Waals surface area contributed by atoms with Gasteiger partial charge in [0, 0.05) is 12.2 Å². The van der Waals surface area contributed by atoms with E-state index in [1.807, 2.05) is 13.8 Å². The molecule has 1 atom stereocenters. The zero-order valence-electron chi connectivity index (χ0n) is 8.55. The van der Waals surface area contributed by atoms with E-state index in [2.05, 4.69) is 10.3 Å². The van der Waals surface area contributed by atoms with Crippen molar-refractivity contribution < 1.29 is 4.79 Å². The van der Waals surface area contributed by atoms with Crippen LogP contribution in [0.4, 0.5) is 0 Å². The summed E-state index contributed by atoms with van der Waals surface area (Å²) in [4.78, 5) is 15.5. The van der Waals surface area contributed by atoms with E-state index in [4.69, 9.17) is 23.2 Å². The average Bonchev–Trinajstić information content (AvgIpc) is 2.21. The van der Waals surface area contributed by atoms with Crippen LogP contribution >= 0.6 is 23.2 Å². The fourth-order valence-corrected chi connectivity index (χ4v) is 1.34. The molecule has 0 aliphatic rings. The first kappa shape index (κ1) is 12.3. The molecule has 1 unspecified atom stereocenters. The molecule has 0 aromatic carbocycles. The number of rotatable bonds is 3. The van der Waals surface area contributed by atoms with E-state index in [1.165, 1.54) is 12.3 Å². The quantitative estimate of drug-likeness (QED) is 0.834. The van der Waals surface area contributed by atoms with Crippen LogP contribution in [0.3, 0.4) is 0 Å². The predicted molar refractivity (Wildman–Crippen MR) is 61.5 cm³/mol. The lowest BCUT2D eigenvalue weighted by molar-refractivity contribution is 0.0939. The van der Waals surface area contributed by atoms with Crippen molar-refractivity contribution in [3.63, 3.8) is 0 Å². The number of halogens is 2. The van der Waals surface area contributed by atoms with Gasteiger partial charge in [0.2, 0.25) is 0 Å². The topological polar surface area (TPSA) is 42.0 Å². The van der Waals surface area contributed by atoms with E-state index in [0.29, 0.717) is 10.6 Å². The van der Waals surface area contributed by atoms with E-state index < -0.39 is 0 Å². The van der Waals surface area contributed by atoms with Gasteiger partial charge in [-0.3, -0.25) is 4.79 Å². The zero-order valence-corrected chi connectivity index (χ0v) is 10.1. The van der Waals surface area contributed by atoms with Gasteiger partial charge < -0.3 is 5.32 Å². The molecule has 82 valence electrons. The molecule has 5 heteroatoms. The molecule has 0 radical (unpaired) electrons. The van der Waals surface area contributed by atoms with Crippen LogP contribution in [0.25, 0.3) is 0 Å². The minimum Gasteiger partial charge on any atom is -0.350 e. The number of carbonyl (C=O) groups excluding carboxylic acids is 1. The van der Waals surface area contributed by atoms with Gasteiger partial charge in [0.1, 0.15) is 5.15 Å². The Balaban J connectivity index is 2.86. The fourth-order valence-electron chi connectivity index (χ4n) is 0.991. The molecule has 1 amide bonds. The van der Waals surface area contributed by atoms with Crippen LogP contribution in [-0.2, 0) is 0 Å². The molecule has 0 saturated carbocycles. The predicted octanol–water partition coefficient (Wildman–Crippen LogP) is 2.92. The Kier molecular flexibility index (Phi) is 4.36. The highest BCUT2D eigenvalue weighted by Crippen LogP contribution is 2.18.